The number of amides is 2. The standard InChI is InChI=1S/C25H30F6N6O4/c1-13(38)33-12-14-5-7-15(8-6-14)37-10-4-2-3-9-23(40,25(29,30)31)22-36-35-20(41-22)19-17(32)11-16(24(26,27)28)18(34-19)21(37)39/h11,14-15,40H,2-10,12,32H2,1H3,(H,33,38)/t14-,15-,23-/m1/s1. The molecule has 2 aromatic rings. The van der Waals surface area contributed by atoms with Crippen molar-refractivity contribution in [2.75, 3.05) is 18.8 Å². The molecule has 0 saturated heterocycles. The number of nitrogens with one attached hydrogen (secondary N) is 1. The minimum absolute atomic E-state index is 0.0403. The average Bonchev–Trinajstić information content (AvgIpc) is 3.38. The Balaban J connectivity index is 1.76. The van der Waals surface area contributed by atoms with E-state index >= 15 is 0 Å². The lowest BCUT2D eigenvalue weighted by molar-refractivity contribution is -0.277. The van der Waals surface area contributed by atoms with Gasteiger partial charge in [-0.3, -0.25) is 9.59 Å². The fourth-order valence-electron chi connectivity index (χ4n) is 5.31. The maximum absolute atomic E-state index is 14.1. The van der Waals surface area contributed by atoms with Gasteiger partial charge < -0.3 is 25.5 Å². The van der Waals surface area contributed by atoms with Crippen molar-refractivity contribution in [3.05, 3.63) is 23.2 Å². The van der Waals surface area contributed by atoms with Gasteiger partial charge in [-0.2, -0.15) is 26.3 Å². The number of rotatable bonds is 3. The van der Waals surface area contributed by atoms with Gasteiger partial charge in [-0.1, -0.05) is 6.42 Å². The van der Waals surface area contributed by atoms with Gasteiger partial charge in [0.15, 0.2) is 5.69 Å². The average molecular weight is 593 g/mol. The molecule has 0 radical (unpaired) electrons. The molecule has 226 valence electrons. The number of alkyl halides is 6. The van der Waals surface area contributed by atoms with Crippen molar-refractivity contribution in [3.8, 4) is 11.6 Å². The van der Waals surface area contributed by atoms with Crippen LogP contribution in [0.2, 0.25) is 0 Å². The van der Waals surface area contributed by atoms with E-state index in [1.807, 2.05) is 0 Å². The van der Waals surface area contributed by atoms with Gasteiger partial charge in [0.1, 0.15) is 5.69 Å². The van der Waals surface area contributed by atoms with Crippen LogP contribution in [0.25, 0.3) is 11.6 Å². The zero-order valence-electron chi connectivity index (χ0n) is 22.1. The molecule has 2 amide bonds. The number of anilines is 1. The van der Waals surface area contributed by atoms with Crippen molar-refractivity contribution in [2.24, 2.45) is 5.92 Å². The van der Waals surface area contributed by atoms with E-state index in [4.69, 9.17) is 10.2 Å². The van der Waals surface area contributed by atoms with Crippen LogP contribution >= 0.6 is 0 Å². The van der Waals surface area contributed by atoms with Crippen molar-refractivity contribution in [1.82, 2.24) is 25.4 Å². The van der Waals surface area contributed by atoms with Crippen LogP contribution in [0.5, 0.6) is 0 Å². The Bertz CT molecular complexity index is 1270. The van der Waals surface area contributed by atoms with Crippen LogP contribution in [0.1, 0.15) is 80.2 Å². The first-order chi connectivity index (χ1) is 19.1. The molecule has 1 atom stereocenters. The van der Waals surface area contributed by atoms with Crippen molar-refractivity contribution >= 4 is 17.5 Å². The summed E-state index contributed by atoms with van der Waals surface area (Å²) in [4.78, 5) is 30.1. The molecule has 1 fully saturated rings. The van der Waals surface area contributed by atoms with Gasteiger partial charge in [-0.05, 0) is 56.9 Å². The highest BCUT2D eigenvalue weighted by Crippen LogP contribution is 2.44. The molecule has 2 aromatic heterocycles. The van der Waals surface area contributed by atoms with Gasteiger partial charge in [0, 0.05) is 26.1 Å². The minimum atomic E-state index is -5.20. The number of nitrogens with zero attached hydrogens (tertiary/aromatic N) is 4. The van der Waals surface area contributed by atoms with Crippen molar-refractivity contribution in [1.29, 1.82) is 0 Å². The highest BCUT2D eigenvalue weighted by Gasteiger charge is 2.58. The number of fused-ring (bicyclic) bond motifs is 5. The molecule has 4 rings (SSSR count). The number of carbonyl (C=O) groups excluding carboxylic acids is 2. The Morgan fingerprint density at radius 1 is 1.12 bits per heavy atom. The van der Waals surface area contributed by atoms with E-state index in [0.717, 1.165) is 0 Å². The monoisotopic (exact) mass is 592 g/mol. The maximum atomic E-state index is 14.1. The molecule has 10 nitrogen and oxygen atoms in total. The summed E-state index contributed by atoms with van der Waals surface area (Å²) in [6, 6.07) is -0.000904. The first kappa shape index (κ1) is 30.5. The van der Waals surface area contributed by atoms with Crippen LogP contribution in [-0.2, 0) is 16.6 Å². The van der Waals surface area contributed by atoms with Gasteiger partial charge in [-0.15, -0.1) is 10.2 Å². The summed E-state index contributed by atoms with van der Waals surface area (Å²) in [7, 11) is 0. The van der Waals surface area contributed by atoms with Crippen LogP contribution in [0.3, 0.4) is 0 Å². The third-order valence-corrected chi connectivity index (χ3v) is 7.61. The number of nitrogens with two attached hydrogens (primary N) is 1. The van der Waals surface area contributed by atoms with E-state index in [1.54, 1.807) is 0 Å². The lowest BCUT2D eigenvalue weighted by Crippen LogP contribution is -2.45. The van der Waals surface area contributed by atoms with E-state index < -0.39 is 70.7 Å². The summed E-state index contributed by atoms with van der Waals surface area (Å²) in [6.07, 6.45) is -8.84. The van der Waals surface area contributed by atoms with Crippen LogP contribution < -0.4 is 11.1 Å². The molecular weight excluding hydrogens is 562 g/mol. The maximum Gasteiger partial charge on any atom is 0.426 e. The molecule has 2 aliphatic rings. The second kappa shape index (κ2) is 11.4. The molecule has 0 aromatic carbocycles. The Hall–Kier alpha value is -3.43. The molecular formula is C25H30F6N6O4. The first-order valence-corrected chi connectivity index (χ1v) is 13.2. The SMILES string of the molecule is CC(=O)NC[C@H]1CC[C@H](N2CCCCC[C@](O)(C(F)(F)F)c3nnc(o3)-c3nc(c(C(F)(F)F)cc3N)C2=O)CC1. The number of hydrogen-bond donors (Lipinski definition) is 3. The third kappa shape index (κ3) is 6.41. The highest BCUT2D eigenvalue weighted by molar-refractivity contribution is 5.95. The molecule has 0 unspecified atom stereocenters. The number of aromatic nitrogens is 3. The Labute approximate surface area is 230 Å². The molecule has 4 N–H and O–H groups in total. The third-order valence-electron chi connectivity index (χ3n) is 7.61. The number of aliphatic hydroxyl groups is 1. The van der Waals surface area contributed by atoms with E-state index in [1.165, 1.54) is 11.8 Å². The molecule has 16 heteroatoms. The number of carbonyl (C=O) groups is 2. The Morgan fingerprint density at radius 2 is 1.80 bits per heavy atom. The van der Waals surface area contributed by atoms with Crippen LogP contribution in [0.4, 0.5) is 32.0 Å². The van der Waals surface area contributed by atoms with E-state index in [0.29, 0.717) is 38.3 Å². The van der Waals surface area contributed by atoms with Gasteiger partial charge in [0.2, 0.25) is 11.5 Å². The molecule has 3 heterocycles. The van der Waals surface area contributed by atoms with Crippen molar-refractivity contribution in [3.63, 3.8) is 0 Å². The zero-order chi connectivity index (χ0) is 30.2. The molecule has 1 aliphatic heterocycles. The number of hydrogen-bond acceptors (Lipinski definition) is 8. The van der Waals surface area contributed by atoms with Crippen molar-refractivity contribution < 1.29 is 45.5 Å². The summed E-state index contributed by atoms with van der Waals surface area (Å²) in [6.45, 7) is 1.79. The number of nitrogen functional groups attached to an aromatic ring is 1. The van der Waals surface area contributed by atoms with E-state index in [9.17, 15) is 41.0 Å². The molecule has 1 saturated carbocycles. The minimum Gasteiger partial charge on any atom is -0.416 e. The smallest absolute Gasteiger partial charge is 0.416 e. The van der Waals surface area contributed by atoms with Gasteiger partial charge in [0.25, 0.3) is 17.7 Å². The highest BCUT2D eigenvalue weighted by atomic mass is 19.4. The van der Waals surface area contributed by atoms with Crippen LogP contribution in [0, 0.1) is 5.92 Å². The summed E-state index contributed by atoms with van der Waals surface area (Å²) < 4.78 is 89.0. The van der Waals surface area contributed by atoms with E-state index in [-0.39, 0.29) is 37.6 Å². The number of halogens is 6. The lowest BCUT2D eigenvalue weighted by Gasteiger charge is -2.37. The normalized spacial score (nSPS) is 24.6. The van der Waals surface area contributed by atoms with Gasteiger partial charge >= 0.3 is 12.4 Å². The number of pyridine rings is 1. The second-order valence-electron chi connectivity index (χ2n) is 10.5. The summed E-state index contributed by atoms with van der Waals surface area (Å²) in [5.74, 6) is -3.04. The lowest BCUT2D eigenvalue weighted by atomic mass is 9.85. The van der Waals surface area contributed by atoms with Crippen LogP contribution in [-0.4, -0.2) is 62.3 Å². The summed E-state index contributed by atoms with van der Waals surface area (Å²) in [5.41, 5.74) is -1.40. The molecule has 41 heavy (non-hydrogen) atoms. The zero-order valence-corrected chi connectivity index (χ0v) is 22.1. The Kier molecular flexibility index (Phi) is 8.52. The molecule has 4 bridgehead atoms. The summed E-state index contributed by atoms with van der Waals surface area (Å²) in [5, 5.41) is 20.1. The fraction of sp³-hybridized carbons (Fsp3) is 0.640. The van der Waals surface area contributed by atoms with Crippen LogP contribution in [0.15, 0.2) is 10.5 Å². The Morgan fingerprint density at radius 3 is 2.41 bits per heavy atom. The van der Waals surface area contributed by atoms with Crippen molar-refractivity contribution in [2.45, 2.75) is 82.3 Å². The topological polar surface area (TPSA) is 147 Å². The predicted molar refractivity (Wildman–Crippen MR) is 131 cm³/mol. The fourth-order valence-corrected chi connectivity index (χ4v) is 5.31. The quantitative estimate of drug-likeness (QED) is 0.450. The van der Waals surface area contributed by atoms with Gasteiger partial charge in [0.05, 0.1) is 11.3 Å². The molecule has 0 spiro atoms. The molecule has 1 aliphatic carbocycles. The van der Waals surface area contributed by atoms with E-state index in [2.05, 4.69) is 20.5 Å². The summed E-state index contributed by atoms with van der Waals surface area (Å²) >= 11 is 0. The second-order valence-corrected chi connectivity index (χ2v) is 10.5. The largest absolute Gasteiger partial charge is 0.426 e. The predicted octanol–water partition coefficient (Wildman–Crippen LogP) is 4.19. The van der Waals surface area contributed by atoms with Gasteiger partial charge in [-0.25, -0.2) is 4.98 Å². The first-order valence-electron chi connectivity index (χ1n) is 13.2.